The number of nitrogens with zero attached hydrogens (tertiary/aromatic N) is 1. The summed E-state index contributed by atoms with van der Waals surface area (Å²) in [5, 5.41) is 7.77. The van der Waals surface area contributed by atoms with Gasteiger partial charge in [0.15, 0.2) is 12.4 Å². The van der Waals surface area contributed by atoms with E-state index in [0.717, 1.165) is 44.1 Å². The van der Waals surface area contributed by atoms with Crippen molar-refractivity contribution < 1.29 is 14.3 Å². The van der Waals surface area contributed by atoms with Crippen molar-refractivity contribution >= 4 is 11.5 Å². The summed E-state index contributed by atoms with van der Waals surface area (Å²) in [7, 11) is 4.43. The molecule has 1 saturated heterocycles. The van der Waals surface area contributed by atoms with Crippen LogP contribution < -0.4 is 25.8 Å². The van der Waals surface area contributed by atoms with E-state index in [-0.39, 0.29) is 0 Å². The zero-order valence-corrected chi connectivity index (χ0v) is 22.8. The SMILES string of the molecule is C[n+]1ccc(NC2CCC(C(=O)CC3CCC(NC4CC[NH+](C)C5CC[C@H](N)CC45)CC3)CC2)cc1. The summed E-state index contributed by atoms with van der Waals surface area (Å²) in [5.74, 6) is 2.20. The highest BCUT2D eigenvalue weighted by Gasteiger charge is 2.43. The molecule has 6 nitrogen and oxygen atoms in total. The van der Waals surface area contributed by atoms with Crippen LogP contribution in [0.25, 0.3) is 0 Å². The number of carbonyl (C=O) groups is 1. The van der Waals surface area contributed by atoms with Crippen LogP contribution in [0.4, 0.5) is 5.69 Å². The lowest BCUT2D eigenvalue weighted by molar-refractivity contribution is -0.917. The molecular weight excluding hydrogens is 446 g/mol. The molecule has 1 aromatic heterocycles. The molecule has 3 aliphatic carbocycles. The molecule has 0 spiro atoms. The third kappa shape index (κ3) is 6.49. The molecule has 36 heavy (non-hydrogen) atoms. The van der Waals surface area contributed by atoms with Crippen LogP contribution in [0, 0.1) is 17.8 Å². The Morgan fingerprint density at radius 2 is 1.67 bits per heavy atom. The normalized spacial score (nSPS) is 39.2. The van der Waals surface area contributed by atoms with Gasteiger partial charge in [-0.15, -0.1) is 0 Å². The zero-order valence-electron chi connectivity index (χ0n) is 22.8. The lowest BCUT2D eigenvalue weighted by Crippen LogP contribution is -3.16. The van der Waals surface area contributed by atoms with Gasteiger partial charge in [0.2, 0.25) is 0 Å². The first-order valence-electron chi connectivity index (χ1n) is 15.0. The van der Waals surface area contributed by atoms with E-state index in [0.29, 0.717) is 41.8 Å². The van der Waals surface area contributed by atoms with Crippen LogP contribution in [-0.2, 0) is 11.8 Å². The molecule has 0 bridgehead atoms. The van der Waals surface area contributed by atoms with Gasteiger partial charge in [0.1, 0.15) is 12.8 Å². The number of likely N-dealkylation sites (tertiary alicyclic amines) is 1. The standard InChI is InChI=1S/C30H49N5O/c1-34-16-13-26(14-17-34)32-24-10-5-22(6-11-24)30(36)19-21-3-8-25(9-4-21)33-28-15-18-35(2)29-12-7-23(31)20-27(28)29/h13-14,16-17,21-25,27-29,33H,3-12,15,18-20,31H2,1-2H3/p+2/t21?,22?,23-,24?,25?,27?,28?,29?/m0/s1. The van der Waals surface area contributed by atoms with E-state index >= 15 is 0 Å². The number of pyridine rings is 1. The van der Waals surface area contributed by atoms with Gasteiger partial charge in [0.05, 0.1) is 19.6 Å². The summed E-state index contributed by atoms with van der Waals surface area (Å²) in [5.41, 5.74) is 7.57. The quantitative estimate of drug-likeness (QED) is 0.437. The molecule has 5 atom stereocenters. The van der Waals surface area contributed by atoms with Crippen LogP contribution >= 0.6 is 0 Å². The summed E-state index contributed by atoms with van der Waals surface area (Å²) in [6, 6.07) is 7.26. The maximum absolute atomic E-state index is 13.1. The monoisotopic (exact) mass is 497 g/mol. The zero-order chi connectivity index (χ0) is 25.1. The average molecular weight is 498 g/mol. The summed E-state index contributed by atoms with van der Waals surface area (Å²) in [6.07, 6.45) is 19.2. The maximum atomic E-state index is 13.1. The largest absolute Gasteiger partial charge is 0.382 e. The van der Waals surface area contributed by atoms with Gasteiger partial charge in [-0.2, -0.15) is 0 Å². The van der Waals surface area contributed by atoms with Crippen LogP contribution in [-0.4, -0.2) is 49.6 Å². The van der Waals surface area contributed by atoms with Crippen LogP contribution in [0.5, 0.6) is 0 Å². The second-order valence-corrected chi connectivity index (χ2v) is 12.8. The minimum absolute atomic E-state index is 0.293. The minimum Gasteiger partial charge on any atom is -0.382 e. The molecule has 0 radical (unpaired) electrons. The van der Waals surface area contributed by atoms with E-state index in [1.165, 1.54) is 63.6 Å². The summed E-state index contributed by atoms with van der Waals surface area (Å²) in [4.78, 5) is 14.9. The second kappa shape index (κ2) is 11.9. The van der Waals surface area contributed by atoms with Gasteiger partial charge in [0, 0.05) is 73.1 Å². The van der Waals surface area contributed by atoms with E-state index in [1.54, 1.807) is 4.90 Å². The third-order valence-corrected chi connectivity index (χ3v) is 10.3. The first kappa shape index (κ1) is 26.1. The van der Waals surface area contributed by atoms with Crippen molar-refractivity contribution in [2.75, 3.05) is 18.9 Å². The Bertz CT molecular complexity index is 843. The molecule has 1 aliphatic heterocycles. The number of quaternary nitrogens is 1. The fourth-order valence-electron chi connectivity index (χ4n) is 7.97. The third-order valence-electron chi connectivity index (χ3n) is 10.3. The van der Waals surface area contributed by atoms with E-state index in [9.17, 15) is 4.79 Å². The van der Waals surface area contributed by atoms with Crippen molar-refractivity contribution in [2.45, 2.75) is 114 Å². The number of aryl methyl sites for hydroxylation is 1. The number of aromatic nitrogens is 1. The molecule has 6 heteroatoms. The Labute approximate surface area is 218 Å². The molecule has 0 aromatic carbocycles. The van der Waals surface area contributed by atoms with Crippen LogP contribution in [0.15, 0.2) is 24.5 Å². The van der Waals surface area contributed by atoms with Crippen molar-refractivity contribution in [2.24, 2.45) is 30.5 Å². The first-order chi connectivity index (χ1) is 17.4. The molecule has 5 N–H and O–H groups in total. The first-order valence-corrected chi connectivity index (χ1v) is 15.0. The number of Topliss-reactive ketones (excluding diaryl/α,β-unsaturated/α-hetero) is 1. The van der Waals surface area contributed by atoms with Crippen LogP contribution in [0.2, 0.25) is 0 Å². The van der Waals surface area contributed by atoms with Crippen molar-refractivity contribution in [1.29, 1.82) is 0 Å². The van der Waals surface area contributed by atoms with E-state index in [4.69, 9.17) is 5.73 Å². The Kier molecular flexibility index (Phi) is 8.64. The van der Waals surface area contributed by atoms with Crippen LogP contribution in [0.1, 0.15) is 83.5 Å². The smallest absolute Gasteiger partial charge is 0.170 e. The number of ketones is 1. The second-order valence-electron chi connectivity index (χ2n) is 12.8. The average Bonchev–Trinajstić information content (AvgIpc) is 2.88. The predicted molar refractivity (Wildman–Crippen MR) is 145 cm³/mol. The van der Waals surface area contributed by atoms with Gasteiger partial charge in [-0.1, -0.05) is 0 Å². The van der Waals surface area contributed by atoms with Crippen molar-refractivity contribution in [1.82, 2.24) is 5.32 Å². The highest BCUT2D eigenvalue weighted by molar-refractivity contribution is 5.81. The number of piperidine rings is 1. The minimum atomic E-state index is 0.293. The molecule has 200 valence electrons. The van der Waals surface area contributed by atoms with Gasteiger partial charge < -0.3 is 21.3 Å². The number of nitrogens with two attached hydrogens (primary N) is 1. The van der Waals surface area contributed by atoms with Crippen molar-refractivity contribution in [3.8, 4) is 0 Å². The van der Waals surface area contributed by atoms with Gasteiger partial charge >= 0.3 is 0 Å². The van der Waals surface area contributed by atoms with Gasteiger partial charge in [0.25, 0.3) is 0 Å². The Balaban J connectivity index is 1.02. The predicted octanol–water partition coefficient (Wildman–Crippen LogP) is 2.37. The van der Waals surface area contributed by atoms with E-state index in [1.807, 2.05) is 7.05 Å². The molecule has 4 fully saturated rings. The Morgan fingerprint density at radius 3 is 2.39 bits per heavy atom. The number of hydrogen-bond acceptors (Lipinski definition) is 4. The lowest BCUT2D eigenvalue weighted by Gasteiger charge is -2.47. The highest BCUT2D eigenvalue weighted by Crippen LogP contribution is 2.34. The molecular formula is C30H51N5O+2. The van der Waals surface area contributed by atoms with E-state index in [2.05, 4.69) is 46.8 Å². The van der Waals surface area contributed by atoms with E-state index < -0.39 is 0 Å². The Morgan fingerprint density at radius 1 is 0.972 bits per heavy atom. The Hall–Kier alpha value is -1.50. The van der Waals surface area contributed by atoms with Crippen molar-refractivity contribution in [3.05, 3.63) is 24.5 Å². The lowest BCUT2D eigenvalue weighted by atomic mass is 9.73. The number of carbonyl (C=O) groups excluding carboxylic acids is 1. The molecule has 4 aliphatic rings. The fraction of sp³-hybridized carbons (Fsp3) is 0.800. The summed E-state index contributed by atoms with van der Waals surface area (Å²) in [6.45, 7) is 1.29. The summed E-state index contributed by atoms with van der Waals surface area (Å²) < 4.78 is 2.06. The molecule has 1 aromatic rings. The number of anilines is 1. The summed E-state index contributed by atoms with van der Waals surface area (Å²) >= 11 is 0. The molecule has 5 rings (SSSR count). The maximum Gasteiger partial charge on any atom is 0.170 e. The molecule has 0 amide bonds. The number of rotatable bonds is 7. The molecule has 4 unspecified atom stereocenters. The van der Waals surface area contributed by atoms with Gasteiger partial charge in [-0.3, -0.25) is 4.79 Å². The van der Waals surface area contributed by atoms with Crippen LogP contribution in [0.3, 0.4) is 0 Å². The molecule has 3 saturated carbocycles. The van der Waals surface area contributed by atoms with Crippen molar-refractivity contribution in [3.63, 3.8) is 0 Å². The number of fused-ring (bicyclic) bond motifs is 1. The van der Waals surface area contributed by atoms with Gasteiger partial charge in [-0.25, -0.2) is 4.57 Å². The fourth-order valence-corrected chi connectivity index (χ4v) is 7.97. The van der Waals surface area contributed by atoms with Gasteiger partial charge in [-0.05, 0) is 70.1 Å². The number of hydrogen-bond donors (Lipinski definition) is 4. The number of nitrogens with one attached hydrogen (secondary N) is 3. The molecule has 2 heterocycles. The highest BCUT2D eigenvalue weighted by atomic mass is 16.1. The topological polar surface area (TPSA) is 75.5 Å².